The van der Waals surface area contributed by atoms with E-state index < -0.39 is 0 Å². The molecule has 2 heterocycles. The molecule has 1 aromatic carbocycles. The van der Waals surface area contributed by atoms with Crippen molar-refractivity contribution in [2.45, 2.75) is 19.8 Å². The average molecular weight is 265 g/mol. The molecule has 20 heavy (non-hydrogen) atoms. The van der Waals surface area contributed by atoms with Crippen LogP contribution in [0.2, 0.25) is 0 Å². The maximum absolute atomic E-state index is 4.76. The first kappa shape index (κ1) is 12.9. The molecular formula is C17H19N3. The first-order chi connectivity index (χ1) is 9.81. The fourth-order valence-corrected chi connectivity index (χ4v) is 2.49. The lowest BCUT2D eigenvalue weighted by molar-refractivity contribution is 0.883. The third-order valence-corrected chi connectivity index (χ3v) is 3.52. The molecule has 2 aliphatic heterocycles. The van der Waals surface area contributed by atoms with Gasteiger partial charge in [-0.3, -0.25) is 4.99 Å². The minimum absolute atomic E-state index is 0.818. The van der Waals surface area contributed by atoms with Crippen LogP contribution in [0.3, 0.4) is 0 Å². The summed E-state index contributed by atoms with van der Waals surface area (Å²) >= 11 is 0. The van der Waals surface area contributed by atoms with E-state index in [0.29, 0.717) is 0 Å². The molecule has 3 heteroatoms. The largest absolute Gasteiger partial charge is 0.385 e. The maximum atomic E-state index is 4.76. The monoisotopic (exact) mass is 265 g/mol. The quantitative estimate of drug-likeness (QED) is 0.896. The lowest BCUT2D eigenvalue weighted by Crippen LogP contribution is -2.21. The second-order valence-corrected chi connectivity index (χ2v) is 5.14. The first-order valence-electron chi connectivity index (χ1n) is 7.09. The van der Waals surface area contributed by atoms with Crippen LogP contribution < -0.4 is 5.32 Å². The van der Waals surface area contributed by atoms with Crippen molar-refractivity contribution in [2.75, 3.05) is 13.1 Å². The van der Waals surface area contributed by atoms with Gasteiger partial charge in [0.25, 0.3) is 0 Å². The van der Waals surface area contributed by atoms with E-state index >= 15 is 0 Å². The number of allylic oxidation sites excluding steroid dienone is 3. The molecule has 2 aliphatic rings. The Hall–Kier alpha value is -2.16. The van der Waals surface area contributed by atoms with Crippen molar-refractivity contribution in [3.8, 4) is 0 Å². The Bertz CT molecular complexity index is 606. The van der Waals surface area contributed by atoms with E-state index in [1.807, 2.05) is 6.07 Å². The highest BCUT2D eigenvalue weighted by Gasteiger charge is 2.13. The van der Waals surface area contributed by atoms with Gasteiger partial charge in [0.2, 0.25) is 0 Å². The van der Waals surface area contributed by atoms with Gasteiger partial charge in [0.1, 0.15) is 5.84 Å². The molecule has 3 nitrogen and oxygen atoms in total. The van der Waals surface area contributed by atoms with Gasteiger partial charge in [-0.2, -0.15) is 0 Å². The smallest absolute Gasteiger partial charge is 0.128 e. The summed E-state index contributed by atoms with van der Waals surface area (Å²) in [4.78, 5) is 9.32. The molecular weight excluding hydrogens is 246 g/mol. The molecule has 0 saturated heterocycles. The summed E-state index contributed by atoms with van der Waals surface area (Å²) < 4.78 is 0. The summed E-state index contributed by atoms with van der Waals surface area (Å²) in [6.45, 7) is 3.83. The summed E-state index contributed by atoms with van der Waals surface area (Å²) in [5, 5.41) is 3.30. The van der Waals surface area contributed by atoms with Crippen LogP contribution >= 0.6 is 0 Å². The molecule has 0 aromatic heterocycles. The Morgan fingerprint density at radius 3 is 2.85 bits per heavy atom. The van der Waals surface area contributed by atoms with Crippen molar-refractivity contribution in [3.63, 3.8) is 0 Å². The van der Waals surface area contributed by atoms with Gasteiger partial charge in [-0.05, 0) is 24.1 Å². The number of amidine groups is 1. The summed E-state index contributed by atoms with van der Waals surface area (Å²) in [6.07, 6.45) is 6.14. The van der Waals surface area contributed by atoms with Crippen LogP contribution in [0.1, 0.15) is 18.9 Å². The predicted molar refractivity (Wildman–Crippen MR) is 84.3 cm³/mol. The van der Waals surface area contributed by atoms with Crippen molar-refractivity contribution in [2.24, 2.45) is 9.98 Å². The molecule has 0 saturated carbocycles. The summed E-state index contributed by atoms with van der Waals surface area (Å²) in [5.41, 5.74) is 4.90. The molecule has 0 fully saturated rings. The molecule has 3 rings (SSSR count). The number of rotatable bonds is 3. The lowest BCUT2D eigenvalue weighted by atomic mass is 10.0. The van der Waals surface area contributed by atoms with Crippen LogP contribution in [-0.4, -0.2) is 24.6 Å². The fourth-order valence-electron chi connectivity index (χ4n) is 2.49. The standard InChI is InChI=1S/C17H19N3/c1-13-11-15(7-9-18-13)16-8-10-19-17(20-16)12-14-5-3-2-4-6-14/h2-7,11,18H,8-10,12H2,1H3. The second-order valence-electron chi connectivity index (χ2n) is 5.14. The zero-order valence-corrected chi connectivity index (χ0v) is 11.8. The van der Waals surface area contributed by atoms with E-state index in [0.717, 1.165) is 31.8 Å². The minimum Gasteiger partial charge on any atom is -0.385 e. The normalized spacial score (nSPS) is 18.4. The average Bonchev–Trinajstić information content (AvgIpc) is 2.49. The highest BCUT2D eigenvalue weighted by Crippen LogP contribution is 2.15. The zero-order chi connectivity index (χ0) is 13.8. The van der Waals surface area contributed by atoms with E-state index in [2.05, 4.69) is 53.7 Å². The Labute approximate surface area is 119 Å². The molecule has 0 atom stereocenters. The Kier molecular flexibility index (Phi) is 3.77. The third-order valence-electron chi connectivity index (χ3n) is 3.52. The number of benzene rings is 1. The number of dihydropyridines is 1. The Morgan fingerprint density at radius 2 is 2.05 bits per heavy atom. The van der Waals surface area contributed by atoms with Gasteiger partial charge in [-0.1, -0.05) is 36.4 Å². The van der Waals surface area contributed by atoms with Gasteiger partial charge in [0, 0.05) is 31.6 Å². The molecule has 0 spiro atoms. The highest BCUT2D eigenvalue weighted by atomic mass is 15.0. The lowest BCUT2D eigenvalue weighted by Gasteiger charge is -2.17. The van der Waals surface area contributed by atoms with Gasteiger partial charge in [0.15, 0.2) is 0 Å². The minimum atomic E-state index is 0.818. The molecule has 102 valence electrons. The molecule has 1 aromatic rings. The Balaban J connectivity index is 1.78. The topological polar surface area (TPSA) is 36.8 Å². The number of nitrogens with zero attached hydrogens (tertiary/aromatic N) is 2. The van der Waals surface area contributed by atoms with Crippen molar-refractivity contribution >= 4 is 11.5 Å². The van der Waals surface area contributed by atoms with Crippen LogP contribution in [0.25, 0.3) is 0 Å². The molecule has 0 bridgehead atoms. The van der Waals surface area contributed by atoms with Crippen LogP contribution in [0.4, 0.5) is 0 Å². The highest BCUT2D eigenvalue weighted by molar-refractivity contribution is 6.10. The maximum Gasteiger partial charge on any atom is 0.128 e. The molecule has 0 amide bonds. The van der Waals surface area contributed by atoms with Crippen LogP contribution in [0, 0.1) is 0 Å². The summed E-state index contributed by atoms with van der Waals surface area (Å²) in [5.74, 6) is 0.947. The van der Waals surface area contributed by atoms with E-state index in [9.17, 15) is 0 Å². The number of hydrogen-bond acceptors (Lipinski definition) is 3. The molecule has 0 aliphatic carbocycles. The Morgan fingerprint density at radius 1 is 1.20 bits per heavy atom. The number of nitrogens with one attached hydrogen (secondary N) is 1. The van der Waals surface area contributed by atoms with Gasteiger partial charge < -0.3 is 5.32 Å². The van der Waals surface area contributed by atoms with E-state index in [4.69, 9.17) is 4.99 Å². The van der Waals surface area contributed by atoms with Crippen LogP contribution in [0.5, 0.6) is 0 Å². The third kappa shape index (κ3) is 3.05. The van der Waals surface area contributed by atoms with Crippen molar-refractivity contribution < 1.29 is 0 Å². The van der Waals surface area contributed by atoms with Gasteiger partial charge >= 0.3 is 0 Å². The number of aliphatic imine (C=N–C) groups is 2. The zero-order valence-electron chi connectivity index (χ0n) is 11.8. The molecule has 1 N–H and O–H groups in total. The van der Waals surface area contributed by atoms with E-state index in [1.54, 1.807) is 0 Å². The fraction of sp³-hybridized carbons (Fsp3) is 0.294. The molecule has 0 unspecified atom stereocenters. The summed E-state index contributed by atoms with van der Waals surface area (Å²) in [6, 6.07) is 10.4. The SMILES string of the molecule is CC1=CC(C2=NC(Cc3ccccc3)=NCC2)=CCN1. The van der Waals surface area contributed by atoms with Crippen molar-refractivity contribution in [3.05, 3.63) is 59.3 Å². The van der Waals surface area contributed by atoms with Gasteiger partial charge in [-0.25, -0.2) is 4.99 Å². The predicted octanol–water partition coefficient (Wildman–Crippen LogP) is 2.91. The van der Waals surface area contributed by atoms with Crippen molar-refractivity contribution in [1.29, 1.82) is 0 Å². The number of hydrogen-bond donors (Lipinski definition) is 1. The summed E-state index contributed by atoms with van der Waals surface area (Å²) in [7, 11) is 0. The van der Waals surface area contributed by atoms with Crippen LogP contribution in [0.15, 0.2) is 63.7 Å². The van der Waals surface area contributed by atoms with Crippen LogP contribution in [-0.2, 0) is 6.42 Å². The van der Waals surface area contributed by atoms with E-state index in [-0.39, 0.29) is 0 Å². The van der Waals surface area contributed by atoms with Crippen molar-refractivity contribution in [1.82, 2.24) is 5.32 Å². The van der Waals surface area contributed by atoms with Gasteiger partial charge in [-0.15, -0.1) is 0 Å². The molecule has 0 radical (unpaired) electrons. The van der Waals surface area contributed by atoms with E-state index in [1.165, 1.54) is 22.5 Å². The second kappa shape index (κ2) is 5.87. The first-order valence-corrected chi connectivity index (χ1v) is 7.09. The van der Waals surface area contributed by atoms with Gasteiger partial charge in [0.05, 0.1) is 5.71 Å².